The predicted octanol–water partition coefficient (Wildman–Crippen LogP) is 2.45. The van der Waals surface area contributed by atoms with Gasteiger partial charge in [-0.15, -0.1) is 0 Å². The summed E-state index contributed by atoms with van der Waals surface area (Å²) in [6.07, 6.45) is 8.99. The Balaban J connectivity index is 1.66. The first-order chi connectivity index (χ1) is 8.88. The first-order valence-electron chi connectivity index (χ1n) is 6.53. The van der Waals surface area contributed by atoms with E-state index in [-0.39, 0.29) is 0 Å². The molecule has 4 nitrogen and oxygen atoms in total. The standard InChI is InChI=1S/C14H21N3O/c1-15-14(17-11-13-7-4-10-18-13)16-9-8-12-5-2-3-6-12/h4-5,7,10H,2-3,6,8-9,11H2,1H3,(H2,15,16,17). The van der Waals surface area contributed by atoms with Crippen LogP contribution in [0, 0.1) is 0 Å². The summed E-state index contributed by atoms with van der Waals surface area (Å²) in [7, 11) is 1.78. The molecule has 0 fully saturated rings. The maximum absolute atomic E-state index is 5.26. The summed E-state index contributed by atoms with van der Waals surface area (Å²) in [5.41, 5.74) is 1.57. The monoisotopic (exact) mass is 247 g/mol. The first-order valence-corrected chi connectivity index (χ1v) is 6.53. The molecule has 0 atom stereocenters. The van der Waals surface area contributed by atoms with E-state index in [0.717, 1.165) is 24.7 Å². The Morgan fingerprint density at radius 2 is 2.39 bits per heavy atom. The number of furan rings is 1. The molecule has 0 aliphatic heterocycles. The highest BCUT2D eigenvalue weighted by atomic mass is 16.3. The summed E-state index contributed by atoms with van der Waals surface area (Å²) in [5, 5.41) is 6.54. The first kappa shape index (κ1) is 12.7. The van der Waals surface area contributed by atoms with E-state index in [2.05, 4.69) is 21.7 Å². The average molecular weight is 247 g/mol. The molecule has 4 heteroatoms. The van der Waals surface area contributed by atoms with Gasteiger partial charge in [-0.05, 0) is 37.8 Å². The van der Waals surface area contributed by atoms with Gasteiger partial charge >= 0.3 is 0 Å². The van der Waals surface area contributed by atoms with Crippen LogP contribution in [0.15, 0.2) is 39.5 Å². The number of guanidine groups is 1. The van der Waals surface area contributed by atoms with Gasteiger partial charge in [0, 0.05) is 13.6 Å². The minimum Gasteiger partial charge on any atom is -0.467 e. The summed E-state index contributed by atoms with van der Waals surface area (Å²) < 4.78 is 5.26. The molecule has 1 aliphatic rings. The second-order valence-electron chi connectivity index (χ2n) is 4.44. The predicted molar refractivity (Wildman–Crippen MR) is 73.5 cm³/mol. The third-order valence-electron chi connectivity index (χ3n) is 3.11. The van der Waals surface area contributed by atoms with Gasteiger partial charge in [0.05, 0.1) is 12.8 Å². The van der Waals surface area contributed by atoms with E-state index in [0.29, 0.717) is 6.54 Å². The van der Waals surface area contributed by atoms with Crippen molar-refractivity contribution < 1.29 is 4.42 Å². The molecule has 1 aliphatic carbocycles. The number of hydrogen-bond acceptors (Lipinski definition) is 2. The van der Waals surface area contributed by atoms with E-state index in [1.165, 1.54) is 19.3 Å². The lowest BCUT2D eigenvalue weighted by Crippen LogP contribution is -2.37. The van der Waals surface area contributed by atoms with E-state index in [1.54, 1.807) is 18.9 Å². The van der Waals surface area contributed by atoms with Crippen molar-refractivity contribution in [1.29, 1.82) is 0 Å². The van der Waals surface area contributed by atoms with Crippen molar-refractivity contribution in [2.75, 3.05) is 13.6 Å². The highest BCUT2D eigenvalue weighted by molar-refractivity contribution is 5.79. The van der Waals surface area contributed by atoms with Crippen molar-refractivity contribution in [3.05, 3.63) is 35.8 Å². The second kappa shape index (κ2) is 6.89. The molecule has 1 aromatic rings. The molecule has 18 heavy (non-hydrogen) atoms. The number of hydrogen-bond donors (Lipinski definition) is 2. The number of nitrogens with zero attached hydrogens (tertiary/aromatic N) is 1. The van der Waals surface area contributed by atoms with Gasteiger partial charge < -0.3 is 15.1 Å². The zero-order valence-electron chi connectivity index (χ0n) is 10.9. The van der Waals surface area contributed by atoms with E-state index in [9.17, 15) is 0 Å². The van der Waals surface area contributed by atoms with Gasteiger partial charge in [-0.1, -0.05) is 11.6 Å². The Labute approximate surface area is 108 Å². The third kappa shape index (κ3) is 3.95. The lowest BCUT2D eigenvalue weighted by molar-refractivity contribution is 0.501. The third-order valence-corrected chi connectivity index (χ3v) is 3.11. The van der Waals surface area contributed by atoms with Crippen LogP contribution in [-0.4, -0.2) is 19.6 Å². The lowest BCUT2D eigenvalue weighted by atomic mass is 10.2. The van der Waals surface area contributed by atoms with Crippen LogP contribution in [-0.2, 0) is 6.54 Å². The number of allylic oxidation sites excluding steroid dienone is 1. The average Bonchev–Trinajstić information content (AvgIpc) is 3.06. The van der Waals surface area contributed by atoms with Gasteiger partial charge in [-0.2, -0.15) is 0 Å². The van der Waals surface area contributed by atoms with Gasteiger partial charge in [0.1, 0.15) is 5.76 Å². The van der Waals surface area contributed by atoms with Crippen molar-refractivity contribution in [2.45, 2.75) is 32.2 Å². The molecule has 2 N–H and O–H groups in total. The molecular weight excluding hydrogens is 226 g/mol. The number of nitrogens with one attached hydrogen (secondary N) is 2. The van der Waals surface area contributed by atoms with Gasteiger partial charge in [-0.3, -0.25) is 4.99 Å². The maximum Gasteiger partial charge on any atom is 0.191 e. The fourth-order valence-electron chi connectivity index (χ4n) is 2.11. The normalized spacial score (nSPS) is 15.6. The van der Waals surface area contributed by atoms with Crippen molar-refractivity contribution in [3.63, 3.8) is 0 Å². The van der Waals surface area contributed by atoms with Gasteiger partial charge in [0.15, 0.2) is 5.96 Å². The van der Waals surface area contributed by atoms with Crippen LogP contribution in [0.3, 0.4) is 0 Å². The van der Waals surface area contributed by atoms with Crippen LogP contribution in [0.1, 0.15) is 31.4 Å². The van der Waals surface area contributed by atoms with Crippen LogP contribution >= 0.6 is 0 Å². The smallest absolute Gasteiger partial charge is 0.191 e. The molecule has 0 aromatic carbocycles. The van der Waals surface area contributed by atoms with Crippen LogP contribution in [0.5, 0.6) is 0 Å². The lowest BCUT2D eigenvalue weighted by Gasteiger charge is -2.11. The molecule has 0 saturated carbocycles. The van der Waals surface area contributed by atoms with Crippen LogP contribution in [0.2, 0.25) is 0 Å². The van der Waals surface area contributed by atoms with Gasteiger partial charge in [0.2, 0.25) is 0 Å². The molecule has 0 bridgehead atoms. The molecule has 0 radical (unpaired) electrons. The number of aliphatic imine (C=N–C) groups is 1. The molecule has 0 spiro atoms. The summed E-state index contributed by atoms with van der Waals surface area (Å²) in [4.78, 5) is 4.18. The SMILES string of the molecule is CN=C(NCCC1=CCCC1)NCc1ccco1. The zero-order valence-corrected chi connectivity index (χ0v) is 10.9. The van der Waals surface area contributed by atoms with Crippen molar-refractivity contribution in [2.24, 2.45) is 4.99 Å². The molecular formula is C14H21N3O. The van der Waals surface area contributed by atoms with Crippen molar-refractivity contribution >= 4 is 5.96 Å². The Kier molecular flexibility index (Phi) is 4.88. The molecule has 0 amide bonds. The Morgan fingerprint density at radius 1 is 1.44 bits per heavy atom. The molecule has 1 heterocycles. The van der Waals surface area contributed by atoms with Gasteiger partial charge in [-0.25, -0.2) is 0 Å². The summed E-state index contributed by atoms with van der Waals surface area (Å²) >= 11 is 0. The summed E-state index contributed by atoms with van der Waals surface area (Å²) in [6.45, 7) is 1.60. The second-order valence-corrected chi connectivity index (χ2v) is 4.44. The molecule has 0 unspecified atom stereocenters. The number of rotatable bonds is 5. The van der Waals surface area contributed by atoms with Crippen molar-refractivity contribution in [1.82, 2.24) is 10.6 Å². The topological polar surface area (TPSA) is 49.6 Å². The maximum atomic E-state index is 5.26. The van der Waals surface area contributed by atoms with Crippen LogP contribution < -0.4 is 10.6 Å². The fourth-order valence-corrected chi connectivity index (χ4v) is 2.11. The minimum atomic E-state index is 0.662. The molecule has 98 valence electrons. The summed E-state index contributed by atoms with van der Waals surface area (Å²) in [6, 6.07) is 3.84. The summed E-state index contributed by atoms with van der Waals surface area (Å²) in [5.74, 6) is 1.74. The Bertz CT molecular complexity index is 407. The van der Waals surface area contributed by atoms with Crippen LogP contribution in [0.4, 0.5) is 0 Å². The molecule has 0 saturated heterocycles. The minimum absolute atomic E-state index is 0.662. The zero-order chi connectivity index (χ0) is 12.6. The quantitative estimate of drug-likeness (QED) is 0.477. The highest BCUT2D eigenvalue weighted by Crippen LogP contribution is 2.19. The van der Waals surface area contributed by atoms with Gasteiger partial charge in [0.25, 0.3) is 0 Å². The molecule has 2 rings (SSSR count). The fraction of sp³-hybridized carbons (Fsp3) is 0.500. The van der Waals surface area contributed by atoms with E-state index >= 15 is 0 Å². The highest BCUT2D eigenvalue weighted by Gasteiger charge is 2.04. The Hall–Kier alpha value is -1.71. The van der Waals surface area contributed by atoms with E-state index in [4.69, 9.17) is 4.42 Å². The van der Waals surface area contributed by atoms with E-state index in [1.807, 2.05) is 12.1 Å². The van der Waals surface area contributed by atoms with Crippen molar-refractivity contribution in [3.8, 4) is 0 Å². The largest absolute Gasteiger partial charge is 0.467 e. The van der Waals surface area contributed by atoms with Crippen LogP contribution in [0.25, 0.3) is 0 Å². The van der Waals surface area contributed by atoms with E-state index < -0.39 is 0 Å². The molecule has 1 aromatic heterocycles. The Morgan fingerprint density at radius 3 is 3.06 bits per heavy atom.